The lowest BCUT2D eigenvalue weighted by Gasteiger charge is -2.31. The molecule has 3 heteroatoms. The first kappa shape index (κ1) is 11.9. The van der Waals surface area contributed by atoms with Crippen molar-refractivity contribution in [1.29, 1.82) is 0 Å². The molecule has 1 aliphatic heterocycles. The van der Waals surface area contributed by atoms with Crippen molar-refractivity contribution in [3.8, 4) is 12.3 Å². The third-order valence-corrected chi connectivity index (χ3v) is 4.00. The zero-order valence-corrected chi connectivity index (χ0v) is 9.70. The van der Waals surface area contributed by atoms with Crippen molar-refractivity contribution in [2.75, 3.05) is 18.1 Å². The maximum atomic E-state index is 5.82. The Hall–Kier alpha value is -0.170. The lowest BCUT2D eigenvalue weighted by atomic mass is 9.97. The van der Waals surface area contributed by atoms with Crippen LogP contribution in [0.3, 0.4) is 0 Å². The summed E-state index contributed by atoms with van der Waals surface area (Å²) in [6.45, 7) is 2.85. The minimum atomic E-state index is 0.108. The highest BCUT2D eigenvalue weighted by Crippen LogP contribution is 2.27. The Morgan fingerprint density at radius 1 is 1.71 bits per heavy atom. The van der Waals surface area contributed by atoms with Crippen molar-refractivity contribution >= 4 is 11.8 Å². The molecule has 0 saturated carbocycles. The second-order valence-electron chi connectivity index (χ2n) is 3.94. The fourth-order valence-electron chi connectivity index (χ4n) is 1.80. The van der Waals surface area contributed by atoms with Gasteiger partial charge in [-0.25, -0.2) is 0 Å². The third-order valence-electron chi connectivity index (χ3n) is 2.75. The minimum Gasteiger partial charge on any atom is -0.329 e. The molecule has 0 aromatic rings. The molecule has 2 unspecified atom stereocenters. The van der Waals surface area contributed by atoms with Gasteiger partial charge in [-0.1, -0.05) is 19.3 Å². The number of nitrogens with two attached hydrogens (primary N) is 1. The van der Waals surface area contributed by atoms with Crippen molar-refractivity contribution in [3.63, 3.8) is 0 Å². The van der Waals surface area contributed by atoms with Crippen molar-refractivity contribution in [3.05, 3.63) is 0 Å². The van der Waals surface area contributed by atoms with E-state index in [0.29, 0.717) is 6.54 Å². The third kappa shape index (κ3) is 2.91. The summed E-state index contributed by atoms with van der Waals surface area (Å²) in [6, 6.07) is 0.197. The average molecular weight is 212 g/mol. The zero-order chi connectivity index (χ0) is 10.4. The Kier molecular flexibility index (Phi) is 4.80. The van der Waals surface area contributed by atoms with E-state index < -0.39 is 0 Å². The van der Waals surface area contributed by atoms with Gasteiger partial charge in [0, 0.05) is 17.8 Å². The Morgan fingerprint density at radius 3 is 2.93 bits per heavy atom. The molecule has 0 bridgehead atoms. The summed E-state index contributed by atoms with van der Waals surface area (Å²) in [5.74, 6) is 5.12. The Labute approximate surface area is 91.4 Å². The number of thioether (sulfide) groups is 1. The van der Waals surface area contributed by atoms with Gasteiger partial charge in [0.2, 0.25) is 0 Å². The van der Waals surface area contributed by atoms with Gasteiger partial charge in [0.25, 0.3) is 0 Å². The summed E-state index contributed by atoms with van der Waals surface area (Å²) in [5.41, 5.74) is 5.93. The van der Waals surface area contributed by atoms with E-state index >= 15 is 0 Å². The van der Waals surface area contributed by atoms with E-state index in [-0.39, 0.29) is 11.6 Å². The highest BCUT2D eigenvalue weighted by atomic mass is 32.2. The molecule has 80 valence electrons. The van der Waals surface area contributed by atoms with Crippen LogP contribution >= 0.6 is 11.8 Å². The van der Waals surface area contributed by atoms with Crippen LogP contribution in [0.2, 0.25) is 0 Å². The van der Waals surface area contributed by atoms with Crippen LogP contribution in [0, 0.1) is 12.3 Å². The fourth-order valence-corrected chi connectivity index (χ4v) is 3.21. The molecular weight excluding hydrogens is 192 g/mol. The SMILES string of the molecule is C#CC(CCC)NC1(CN)CCSC1. The van der Waals surface area contributed by atoms with Crippen molar-refractivity contribution in [1.82, 2.24) is 5.32 Å². The quantitative estimate of drug-likeness (QED) is 0.673. The number of nitrogens with one attached hydrogen (secondary N) is 1. The van der Waals surface area contributed by atoms with Crippen LogP contribution in [0.5, 0.6) is 0 Å². The van der Waals surface area contributed by atoms with Crippen LogP contribution in [0.1, 0.15) is 26.2 Å². The van der Waals surface area contributed by atoms with Crippen LogP contribution in [0.25, 0.3) is 0 Å². The van der Waals surface area contributed by atoms with E-state index in [1.54, 1.807) is 0 Å². The molecule has 2 atom stereocenters. The summed E-state index contributed by atoms with van der Waals surface area (Å²) < 4.78 is 0. The van der Waals surface area contributed by atoms with E-state index in [4.69, 9.17) is 12.2 Å². The van der Waals surface area contributed by atoms with E-state index in [1.807, 2.05) is 11.8 Å². The predicted molar refractivity (Wildman–Crippen MR) is 64.4 cm³/mol. The Morgan fingerprint density at radius 2 is 2.50 bits per heavy atom. The highest BCUT2D eigenvalue weighted by Gasteiger charge is 2.34. The number of hydrogen-bond acceptors (Lipinski definition) is 3. The molecule has 0 aromatic heterocycles. The molecule has 1 fully saturated rings. The van der Waals surface area contributed by atoms with Gasteiger partial charge in [-0.3, -0.25) is 5.32 Å². The van der Waals surface area contributed by atoms with E-state index in [2.05, 4.69) is 18.2 Å². The molecule has 3 N–H and O–H groups in total. The van der Waals surface area contributed by atoms with Gasteiger partial charge in [0.15, 0.2) is 0 Å². The first-order chi connectivity index (χ1) is 6.76. The Bertz CT molecular complexity index is 204. The lowest BCUT2D eigenvalue weighted by molar-refractivity contribution is 0.342. The second kappa shape index (κ2) is 5.65. The number of hydrogen-bond donors (Lipinski definition) is 2. The van der Waals surface area contributed by atoms with Gasteiger partial charge in [0.05, 0.1) is 6.04 Å². The van der Waals surface area contributed by atoms with Crippen LogP contribution in [0.4, 0.5) is 0 Å². The second-order valence-corrected chi connectivity index (χ2v) is 5.04. The first-order valence-corrected chi connectivity index (χ1v) is 6.43. The molecule has 2 nitrogen and oxygen atoms in total. The van der Waals surface area contributed by atoms with E-state index in [0.717, 1.165) is 25.0 Å². The van der Waals surface area contributed by atoms with Gasteiger partial charge in [-0.15, -0.1) is 6.42 Å². The lowest BCUT2D eigenvalue weighted by Crippen LogP contribution is -2.55. The maximum Gasteiger partial charge on any atom is 0.0691 e. The van der Waals surface area contributed by atoms with Crippen molar-refractivity contribution < 1.29 is 0 Å². The van der Waals surface area contributed by atoms with Crippen LogP contribution < -0.4 is 11.1 Å². The number of terminal acetylenes is 1. The summed E-state index contributed by atoms with van der Waals surface area (Å²) >= 11 is 1.97. The molecule has 0 amide bonds. The van der Waals surface area contributed by atoms with Crippen LogP contribution in [0.15, 0.2) is 0 Å². The molecule has 0 aromatic carbocycles. The molecule has 0 aliphatic carbocycles. The maximum absolute atomic E-state index is 5.82. The monoisotopic (exact) mass is 212 g/mol. The summed E-state index contributed by atoms with van der Waals surface area (Å²) in [4.78, 5) is 0. The molecule has 1 rings (SSSR count). The van der Waals surface area contributed by atoms with Crippen molar-refractivity contribution in [2.24, 2.45) is 5.73 Å². The minimum absolute atomic E-state index is 0.108. The van der Waals surface area contributed by atoms with Gasteiger partial charge in [0.1, 0.15) is 0 Å². The normalized spacial score (nSPS) is 28.6. The van der Waals surface area contributed by atoms with E-state index in [1.165, 1.54) is 5.75 Å². The van der Waals surface area contributed by atoms with E-state index in [9.17, 15) is 0 Å². The van der Waals surface area contributed by atoms with Crippen LogP contribution in [-0.4, -0.2) is 29.6 Å². The smallest absolute Gasteiger partial charge is 0.0691 e. The van der Waals surface area contributed by atoms with Gasteiger partial charge in [-0.2, -0.15) is 11.8 Å². The molecular formula is C11H20N2S. The molecule has 0 radical (unpaired) electrons. The Balaban J connectivity index is 2.50. The topological polar surface area (TPSA) is 38.0 Å². The summed E-state index contributed by atoms with van der Waals surface area (Å²) in [7, 11) is 0. The molecule has 1 heterocycles. The van der Waals surface area contributed by atoms with Crippen molar-refractivity contribution in [2.45, 2.75) is 37.8 Å². The van der Waals surface area contributed by atoms with Crippen LogP contribution in [-0.2, 0) is 0 Å². The highest BCUT2D eigenvalue weighted by molar-refractivity contribution is 7.99. The fraction of sp³-hybridized carbons (Fsp3) is 0.818. The average Bonchev–Trinajstić information content (AvgIpc) is 2.66. The van der Waals surface area contributed by atoms with Gasteiger partial charge < -0.3 is 5.73 Å². The molecule has 14 heavy (non-hydrogen) atoms. The molecule has 1 saturated heterocycles. The standard InChI is InChI=1S/C11H20N2S/c1-3-5-10(4-2)13-11(8-12)6-7-14-9-11/h2,10,13H,3,5-9,12H2,1H3. The van der Waals surface area contributed by atoms with Gasteiger partial charge >= 0.3 is 0 Å². The zero-order valence-electron chi connectivity index (χ0n) is 8.88. The summed E-state index contributed by atoms with van der Waals surface area (Å²) in [5, 5.41) is 3.55. The first-order valence-electron chi connectivity index (χ1n) is 5.28. The number of rotatable bonds is 5. The molecule has 1 aliphatic rings. The van der Waals surface area contributed by atoms with Gasteiger partial charge in [-0.05, 0) is 18.6 Å². The largest absolute Gasteiger partial charge is 0.329 e. The summed E-state index contributed by atoms with van der Waals surface area (Å²) in [6.07, 6.45) is 8.80. The molecule has 0 spiro atoms. The predicted octanol–water partition coefficient (Wildman–Crippen LogP) is 1.21.